The van der Waals surface area contributed by atoms with E-state index >= 15 is 0 Å². The van der Waals surface area contributed by atoms with Crippen molar-refractivity contribution in [3.8, 4) is 11.6 Å². The van der Waals surface area contributed by atoms with Crippen LogP contribution < -0.4 is 9.47 Å². The van der Waals surface area contributed by atoms with Gasteiger partial charge in [-0.3, -0.25) is 0 Å². The van der Waals surface area contributed by atoms with Gasteiger partial charge in [-0.1, -0.05) is 0 Å². The lowest BCUT2D eigenvalue weighted by Crippen LogP contribution is -2.19. The van der Waals surface area contributed by atoms with E-state index in [-0.39, 0.29) is 10.4 Å². The molecule has 17 heavy (non-hydrogen) atoms. The SMILES string of the molecule is COc1cc(Br)c(OC(F)(F)F)c(C(F)F)n1. The van der Waals surface area contributed by atoms with Gasteiger partial charge >= 0.3 is 6.36 Å². The van der Waals surface area contributed by atoms with Crippen LogP contribution in [-0.2, 0) is 0 Å². The highest BCUT2D eigenvalue weighted by Crippen LogP contribution is 2.39. The molecular weight excluding hydrogens is 317 g/mol. The van der Waals surface area contributed by atoms with Gasteiger partial charge in [-0.05, 0) is 15.9 Å². The Labute approximate surface area is 101 Å². The second kappa shape index (κ2) is 5.03. The normalized spacial score (nSPS) is 11.8. The van der Waals surface area contributed by atoms with E-state index in [0.29, 0.717) is 0 Å². The zero-order chi connectivity index (χ0) is 13.2. The maximum Gasteiger partial charge on any atom is 0.573 e. The number of rotatable bonds is 3. The third-order valence-corrected chi connectivity index (χ3v) is 2.15. The molecule has 9 heteroatoms. The molecule has 0 spiro atoms. The molecule has 0 saturated carbocycles. The minimum absolute atomic E-state index is 0.248. The predicted octanol–water partition coefficient (Wildman–Crippen LogP) is 3.69. The number of hydrogen-bond donors (Lipinski definition) is 0. The Morgan fingerprint density at radius 3 is 2.35 bits per heavy atom. The first-order valence-electron chi connectivity index (χ1n) is 4.03. The highest BCUT2D eigenvalue weighted by molar-refractivity contribution is 9.10. The summed E-state index contributed by atoms with van der Waals surface area (Å²) in [5.41, 5.74) is -1.14. The molecule has 0 saturated heterocycles. The van der Waals surface area contributed by atoms with Gasteiger partial charge in [-0.25, -0.2) is 13.8 Å². The fourth-order valence-corrected chi connectivity index (χ4v) is 1.45. The van der Waals surface area contributed by atoms with Crippen LogP contribution in [0.1, 0.15) is 12.1 Å². The van der Waals surface area contributed by atoms with E-state index in [9.17, 15) is 22.0 Å². The van der Waals surface area contributed by atoms with Gasteiger partial charge in [0.15, 0.2) is 11.4 Å². The Hall–Kier alpha value is -1.12. The van der Waals surface area contributed by atoms with E-state index in [4.69, 9.17) is 0 Å². The summed E-state index contributed by atoms with van der Waals surface area (Å²) < 4.78 is 68.7. The second-order valence-corrected chi connectivity index (χ2v) is 3.56. The van der Waals surface area contributed by atoms with Gasteiger partial charge in [-0.2, -0.15) is 0 Å². The molecule has 0 radical (unpaired) electrons. The van der Waals surface area contributed by atoms with E-state index in [2.05, 4.69) is 30.4 Å². The first-order chi connectivity index (χ1) is 7.74. The molecule has 1 heterocycles. The van der Waals surface area contributed by atoms with Crippen molar-refractivity contribution in [2.24, 2.45) is 0 Å². The average Bonchev–Trinajstić information content (AvgIpc) is 2.18. The summed E-state index contributed by atoms with van der Waals surface area (Å²) in [5.74, 6) is -1.32. The fourth-order valence-electron chi connectivity index (χ4n) is 0.967. The van der Waals surface area contributed by atoms with Crippen LogP contribution in [0.5, 0.6) is 11.6 Å². The predicted molar refractivity (Wildman–Crippen MR) is 50.1 cm³/mol. The smallest absolute Gasteiger partial charge is 0.481 e. The van der Waals surface area contributed by atoms with Gasteiger partial charge in [0.25, 0.3) is 6.43 Å². The quantitative estimate of drug-likeness (QED) is 0.796. The molecule has 3 nitrogen and oxygen atoms in total. The topological polar surface area (TPSA) is 31.4 Å². The van der Waals surface area contributed by atoms with Crippen molar-refractivity contribution >= 4 is 15.9 Å². The van der Waals surface area contributed by atoms with E-state index in [1.165, 1.54) is 0 Å². The van der Waals surface area contributed by atoms with Gasteiger partial charge in [0.1, 0.15) is 0 Å². The van der Waals surface area contributed by atoms with Crippen LogP contribution in [0.25, 0.3) is 0 Å². The number of hydrogen-bond acceptors (Lipinski definition) is 3. The maximum atomic E-state index is 12.5. The van der Waals surface area contributed by atoms with Crippen LogP contribution in [0, 0.1) is 0 Å². The summed E-state index contributed by atoms with van der Waals surface area (Å²) in [4.78, 5) is 3.21. The van der Waals surface area contributed by atoms with Crippen molar-refractivity contribution in [2.75, 3.05) is 7.11 Å². The van der Waals surface area contributed by atoms with Crippen molar-refractivity contribution < 1.29 is 31.4 Å². The Morgan fingerprint density at radius 2 is 1.94 bits per heavy atom. The summed E-state index contributed by atoms with van der Waals surface area (Å²) in [6.45, 7) is 0. The van der Waals surface area contributed by atoms with E-state index < -0.39 is 24.2 Å². The van der Waals surface area contributed by atoms with Gasteiger partial charge in [0.2, 0.25) is 5.88 Å². The third kappa shape index (κ3) is 3.69. The highest BCUT2D eigenvalue weighted by Gasteiger charge is 2.35. The van der Waals surface area contributed by atoms with E-state index in [0.717, 1.165) is 13.2 Å². The molecule has 0 aromatic carbocycles. The second-order valence-electron chi connectivity index (χ2n) is 2.71. The van der Waals surface area contributed by atoms with Gasteiger partial charge in [0.05, 0.1) is 11.6 Å². The first kappa shape index (κ1) is 13.9. The molecule has 0 unspecified atom stereocenters. The highest BCUT2D eigenvalue weighted by atomic mass is 79.9. The van der Waals surface area contributed by atoms with Crippen molar-refractivity contribution in [1.29, 1.82) is 0 Å². The summed E-state index contributed by atoms with van der Waals surface area (Å²) in [5, 5.41) is 0. The third-order valence-electron chi connectivity index (χ3n) is 1.56. The number of nitrogens with zero attached hydrogens (tertiary/aromatic N) is 1. The number of aromatic nitrogens is 1. The minimum Gasteiger partial charge on any atom is -0.481 e. The summed E-state index contributed by atoms with van der Waals surface area (Å²) in [6, 6.07) is 0.993. The summed E-state index contributed by atoms with van der Waals surface area (Å²) >= 11 is 2.68. The van der Waals surface area contributed by atoms with Crippen LogP contribution in [0.15, 0.2) is 10.5 Å². The standard InChI is InChI=1S/C8H5BrF5NO2/c1-16-4-2-3(9)6(17-8(12,13)14)5(15-4)7(10)11/h2,7H,1H3. The lowest BCUT2D eigenvalue weighted by atomic mass is 10.3. The number of ether oxygens (including phenoxy) is 2. The van der Waals surface area contributed by atoms with E-state index in [1.807, 2.05) is 0 Å². The molecule has 0 fully saturated rings. The lowest BCUT2D eigenvalue weighted by Gasteiger charge is -2.14. The minimum atomic E-state index is -5.08. The van der Waals surface area contributed by atoms with Crippen molar-refractivity contribution in [1.82, 2.24) is 4.98 Å². The molecule has 1 aromatic heterocycles. The molecule has 0 aliphatic carbocycles. The van der Waals surface area contributed by atoms with E-state index in [1.54, 1.807) is 0 Å². The number of alkyl halides is 5. The summed E-state index contributed by atoms with van der Waals surface area (Å²) in [7, 11) is 1.15. The van der Waals surface area contributed by atoms with Crippen molar-refractivity contribution in [3.63, 3.8) is 0 Å². The van der Waals surface area contributed by atoms with Crippen LogP contribution in [0.4, 0.5) is 22.0 Å². The summed E-state index contributed by atoms with van der Waals surface area (Å²) in [6.07, 6.45) is -8.30. The first-order valence-corrected chi connectivity index (χ1v) is 4.82. The van der Waals surface area contributed by atoms with Gasteiger partial charge < -0.3 is 9.47 Å². The Bertz CT molecular complexity index is 410. The zero-order valence-electron chi connectivity index (χ0n) is 8.19. The Morgan fingerprint density at radius 1 is 1.35 bits per heavy atom. The Balaban J connectivity index is 3.27. The largest absolute Gasteiger partial charge is 0.573 e. The van der Waals surface area contributed by atoms with Crippen LogP contribution in [0.3, 0.4) is 0 Å². The van der Waals surface area contributed by atoms with Crippen LogP contribution in [0.2, 0.25) is 0 Å². The Kier molecular flexibility index (Phi) is 4.12. The zero-order valence-corrected chi connectivity index (χ0v) is 9.77. The number of methoxy groups -OCH3 is 1. The van der Waals surface area contributed by atoms with Crippen LogP contribution in [-0.4, -0.2) is 18.5 Å². The number of pyridine rings is 1. The lowest BCUT2D eigenvalue weighted by molar-refractivity contribution is -0.275. The molecule has 96 valence electrons. The van der Waals surface area contributed by atoms with Crippen molar-refractivity contribution in [3.05, 3.63) is 16.2 Å². The van der Waals surface area contributed by atoms with Crippen LogP contribution >= 0.6 is 15.9 Å². The number of halogens is 6. The molecule has 0 aliphatic heterocycles. The molecule has 0 N–H and O–H groups in total. The maximum absolute atomic E-state index is 12.5. The fraction of sp³-hybridized carbons (Fsp3) is 0.375. The molecule has 0 amide bonds. The molecule has 0 atom stereocenters. The monoisotopic (exact) mass is 321 g/mol. The molecule has 0 bridgehead atoms. The molecular formula is C8H5BrF5NO2. The molecule has 1 rings (SSSR count). The van der Waals surface area contributed by atoms with Gasteiger partial charge in [0, 0.05) is 6.07 Å². The molecule has 0 aliphatic rings. The van der Waals surface area contributed by atoms with Gasteiger partial charge in [-0.15, -0.1) is 13.2 Å². The van der Waals surface area contributed by atoms with Crippen molar-refractivity contribution in [2.45, 2.75) is 12.8 Å². The average molecular weight is 322 g/mol. The molecule has 1 aromatic rings.